The first kappa shape index (κ1) is 17.2. The number of hydrogen-bond acceptors (Lipinski definition) is 2. The molecule has 1 atom stereocenters. The Morgan fingerprint density at radius 3 is 2.26 bits per heavy atom. The molecule has 0 aromatic heterocycles. The van der Waals surface area contributed by atoms with E-state index in [1.807, 2.05) is 12.1 Å². The van der Waals surface area contributed by atoms with Crippen LogP contribution in [0, 0.1) is 13.8 Å². The maximum absolute atomic E-state index is 11.3. The summed E-state index contributed by atoms with van der Waals surface area (Å²) in [6.45, 7) is 7.85. The monoisotopic (exact) mass is 326 g/mol. The molecule has 0 bridgehead atoms. The third-order valence-electron chi connectivity index (χ3n) is 3.93. The SMILES string of the molecule is CC(=O)c1ccc(NC(=S)N[C@H](C)c2ccc(C)c(C)c2)cc1. The largest absolute Gasteiger partial charge is 0.356 e. The molecule has 0 fully saturated rings. The van der Waals surface area contributed by atoms with Crippen molar-refractivity contribution in [3.63, 3.8) is 0 Å². The molecule has 3 nitrogen and oxygen atoms in total. The van der Waals surface area contributed by atoms with Crippen molar-refractivity contribution in [1.29, 1.82) is 0 Å². The summed E-state index contributed by atoms with van der Waals surface area (Å²) in [5, 5.41) is 6.99. The van der Waals surface area contributed by atoms with E-state index in [0.717, 1.165) is 5.69 Å². The van der Waals surface area contributed by atoms with E-state index in [4.69, 9.17) is 12.2 Å². The molecule has 23 heavy (non-hydrogen) atoms. The molecule has 0 amide bonds. The number of carbonyl (C=O) groups excluding carboxylic acids is 1. The number of thiocarbonyl (C=S) groups is 1. The number of hydrogen-bond donors (Lipinski definition) is 2. The summed E-state index contributed by atoms with van der Waals surface area (Å²) in [7, 11) is 0. The quantitative estimate of drug-likeness (QED) is 0.639. The van der Waals surface area contributed by atoms with Gasteiger partial charge in [-0.15, -0.1) is 0 Å². The first-order chi connectivity index (χ1) is 10.9. The lowest BCUT2D eigenvalue weighted by Gasteiger charge is -2.18. The maximum atomic E-state index is 11.3. The van der Waals surface area contributed by atoms with Crippen molar-refractivity contribution in [2.75, 3.05) is 5.32 Å². The van der Waals surface area contributed by atoms with Gasteiger partial charge >= 0.3 is 0 Å². The lowest BCUT2D eigenvalue weighted by atomic mass is 10.0. The molecular formula is C19H22N2OS. The molecule has 2 rings (SSSR count). The van der Waals surface area contributed by atoms with Crippen molar-refractivity contribution >= 4 is 28.8 Å². The normalized spacial score (nSPS) is 11.7. The third kappa shape index (κ3) is 4.63. The Morgan fingerprint density at radius 1 is 1.04 bits per heavy atom. The average molecular weight is 326 g/mol. The highest BCUT2D eigenvalue weighted by molar-refractivity contribution is 7.80. The minimum Gasteiger partial charge on any atom is -0.356 e. The van der Waals surface area contributed by atoms with E-state index in [0.29, 0.717) is 10.7 Å². The Morgan fingerprint density at radius 2 is 1.70 bits per heavy atom. The van der Waals surface area contributed by atoms with Crippen LogP contribution >= 0.6 is 12.2 Å². The van der Waals surface area contributed by atoms with Crippen LogP contribution in [0.2, 0.25) is 0 Å². The van der Waals surface area contributed by atoms with E-state index in [2.05, 4.69) is 49.6 Å². The van der Waals surface area contributed by atoms with Gasteiger partial charge in [0.2, 0.25) is 0 Å². The lowest BCUT2D eigenvalue weighted by Crippen LogP contribution is -2.30. The van der Waals surface area contributed by atoms with Gasteiger partial charge in [0.25, 0.3) is 0 Å². The van der Waals surface area contributed by atoms with Crippen molar-refractivity contribution < 1.29 is 4.79 Å². The van der Waals surface area contributed by atoms with Gasteiger partial charge in [-0.3, -0.25) is 4.79 Å². The topological polar surface area (TPSA) is 41.1 Å². The van der Waals surface area contributed by atoms with Crippen molar-refractivity contribution in [2.24, 2.45) is 0 Å². The molecular weight excluding hydrogens is 304 g/mol. The van der Waals surface area contributed by atoms with Crippen LogP contribution in [0.25, 0.3) is 0 Å². The molecule has 4 heteroatoms. The fourth-order valence-corrected chi connectivity index (χ4v) is 2.56. The second-order valence-corrected chi connectivity index (χ2v) is 6.21. The highest BCUT2D eigenvalue weighted by atomic mass is 32.1. The molecule has 0 aliphatic rings. The zero-order valence-electron chi connectivity index (χ0n) is 13.9. The Hall–Kier alpha value is -2.20. The summed E-state index contributed by atoms with van der Waals surface area (Å²) in [4.78, 5) is 11.3. The van der Waals surface area contributed by atoms with Gasteiger partial charge in [0.1, 0.15) is 0 Å². The second-order valence-electron chi connectivity index (χ2n) is 5.80. The van der Waals surface area contributed by atoms with Gasteiger partial charge in [-0.1, -0.05) is 18.2 Å². The van der Waals surface area contributed by atoms with E-state index in [-0.39, 0.29) is 11.8 Å². The smallest absolute Gasteiger partial charge is 0.171 e. The average Bonchev–Trinajstić information content (AvgIpc) is 2.50. The Kier molecular flexibility index (Phi) is 5.50. The van der Waals surface area contributed by atoms with Crippen molar-refractivity contribution in [1.82, 2.24) is 5.32 Å². The summed E-state index contributed by atoms with van der Waals surface area (Å²) >= 11 is 5.37. The standard InChI is InChI=1S/C19H22N2OS/c1-12-5-6-17(11-13(12)2)14(3)20-19(23)21-18-9-7-16(8-10-18)15(4)22/h5-11,14H,1-4H3,(H2,20,21,23)/t14-/m1/s1. The third-order valence-corrected chi connectivity index (χ3v) is 4.15. The first-order valence-electron chi connectivity index (χ1n) is 7.62. The predicted molar refractivity (Wildman–Crippen MR) is 100 cm³/mol. The number of carbonyl (C=O) groups is 1. The van der Waals surface area contributed by atoms with Gasteiger partial charge in [-0.2, -0.15) is 0 Å². The van der Waals surface area contributed by atoms with E-state index >= 15 is 0 Å². The molecule has 0 aliphatic carbocycles. The van der Waals surface area contributed by atoms with Crippen LogP contribution in [0.1, 0.15) is 46.9 Å². The summed E-state index contributed by atoms with van der Waals surface area (Å²) in [6.07, 6.45) is 0. The van der Waals surface area contributed by atoms with E-state index in [1.54, 1.807) is 19.1 Å². The second kappa shape index (κ2) is 7.38. The number of Topliss-reactive ketones (excluding diaryl/α,β-unsaturated/α-hetero) is 1. The minimum absolute atomic E-state index is 0.0561. The van der Waals surface area contributed by atoms with Gasteiger partial charge in [0.15, 0.2) is 10.9 Å². The number of rotatable bonds is 4. The maximum Gasteiger partial charge on any atom is 0.171 e. The molecule has 0 heterocycles. The summed E-state index contributed by atoms with van der Waals surface area (Å²) < 4.78 is 0. The molecule has 120 valence electrons. The van der Waals surface area contributed by atoms with Crippen LogP contribution in [0.3, 0.4) is 0 Å². The van der Waals surface area contributed by atoms with Gasteiger partial charge in [-0.25, -0.2) is 0 Å². The van der Waals surface area contributed by atoms with Crippen molar-refractivity contribution in [3.8, 4) is 0 Å². The predicted octanol–water partition coefficient (Wildman–Crippen LogP) is 4.55. The van der Waals surface area contributed by atoms with Crippen LogP contribution in [0.5, 0.6) is 0 Å². The number of anilines is 1. The summed E-state index contributed by atoms with van der Waals surface area (Å²) in [5.41, 5.74) is 5.31. The Balaban J connectivity index is 1.98. The van der Waals surface area contributed by atoms with Gasteiger partial charge < -0.3 is 10.6 Å². The number of ketones is 1. The molecule has 0 saturated heterocycles. The van der Waals surface area contributed by atoms with Gasteiger partial charge in [-0.05, 0) is 80.9 Å². The molecule has 0 unspecified atom stereocenters. The van der Waals surface area contributed by atoms with Crippen LogP contribution < -0.4 is 10.6 Å². The molecule has 0 aliphatic heterocycles. The zero-order valence-corrected chi connectivity index (χ0v) is 14.8. The number of nitrogens with one attached hydrogen (secondary N) is 2. The van der Waals surface area contributed by atoms with Crippen molar-refractivity contribution in [3.05, 3.63) is 64.7 Å². The Bertz CT molecular complexity index is 723. The van der Waals surface area contributed by atoms with Crippen LogP contribution in [-0.4, -0.2) is 10.9 Å². The van der Waals surface area contributed by atoms with E-state index in [1.165, 1.54) is 16.7 Å². The highest BCUT2D eigenvalue weighted by Gasteiger charge is 2.08. The fourth-order valence-electron chi connectivity index (χ4n) is 2.27. The fraction of sp³-hybridized carbons (Fsp3) is 0.263. The van der Waals surface area contributed by atoms with E-state index in [9.17, 15) is 4.79 Å². The number of aryl methyl sites for hydroxylation is 2. The lowest BCUT2D eigenvalue weighted by molar-refractivity contribution is 0.101. The molecule has 2 aromatic rings. The van der Waals surface area contributed by atoms with Crippen LogP contribution in [0.15, 0.2) is 42.5 Å². The molecule has 2 N–H and O–H groups in total. The number of benzene rings is 2. The molecule has 0 radical (unpaired) electrons. The van der Waals surface area contributed by atoms with Gasteiger partial charge in [0, 0.05) is 11.3 Å². The zero-order chi connectivity index (χ0) is 17.0. The molecule has 0 saturated carbocycles. The summed E-state index contributed by atoms with van der Waals surface area (Å²) in [5.74, 6) is 0.0561. The van der Waals surface area contributed by atoms with E-state index < -0.39 is 0 Å². The summed E-state index contributed by atoms with van der Waals surface area (Å²) in [6, 6.07) is 13.8. The highest BCUT2D eigenvalue weighted by Crippen LogP contribution is 2.17. The first-order valence-corrected chi connectivity index (χ1v) is 8.03. The Labute approximate surface area is 143 Å². The van der Waals surface area contributed by atoms with Crippen LogP contribution in [0.4, 0.5) is 5.69 Å². The van der Waals surface area contributed by atoms with Crippen LogP contribution in [-0.2, 0) is 0 Å². The minimum atomic E-state index is 0.0561. The molecule has 0 spiro atoms. The van der Waals surface area contributed by atoms with Gasteiger partial charge in [0.05, 0.1) is 6.04 Å². The molecule has 2 aromatic carbocycles. The van der Waals surface area contributed by atoms with Crippen molar-refractivity contribution in [2.45, 2.75) is 33.7 Å².